The predicted molar refractivity (Wildman–Crippen MR) is 75.7 cm³/mol. The van der Waals surface area contributed by atoms with Gasteiger partial charge in [0.05, 0.1) is 0 Å². The van der Waals surface area contributed by atoms with Crippen LogP contribution in [0, 0.1) is 5.92 Å². The Hall–Kier alpha value is -1.58. The number of alkyl carbamates (subject to hydrolysis) is 1. The molecule has 4 heteroatoms. The maximum Gasteiger partial charge on any atom is 0.407 e. The van der Waals surface area contributed by atoms with E-state index in [1.165, 1.54) is 12.8 Å². The highest BCUT2D eigenvalue weighted by molar-refractivity contribution is 5.67. The van der Waals surface area contributed by atoms with Crippen LogP contribution in [0.25, 0.3) is 0 Å². The van der Waals surface area contributed by atoms with E-state index >= 15 is 0 Å². The molecule has 1 atom stereocenters. The van der Waals surface area contributed by atoms with Crippen molar-refractivity contribution in [2.75, 3.05) is 0 Å². The molecular formula is C15H24N2O2. The minimum atomic E-state index is -0.345. The van der Waals surface area contributed by atoms with Gasteiger partial charge in [-0.05, 0) is 25.3 Å². The Morgan fingerprint density at radius 1 is 1.53 bits per heavy atom. The molecule has 0 radical (unpaired) electrons. The summed E-state index contributed by atoms with van der Waals surface area (Å²) in [6.07, 6.45) is 6.71. The molecule has 0 aromatic carbocycles. The summed E-state index contributed by atoms with van der Waals surface area (Å²) in [7, 11) is 0. The minimum Gasteiger partial charge on any atom is -0.445 e. The lowest BCUT2D eigenvalue weighted by Crippen LogP contribution is -2.33. The fourth-order valence-corrected chi connectivity index (χ4v) is 1.79. The Morgan fingerprint density at radius 3 is 2.84 bits per heavy atom. The topological polar surface area (TPSA) is 51.2 Å². The molecule has 1 heterocycles. The van der Waals surface area contributed by atoms with Gasteiger partial charge < -0.3 is 10.1 Å². The molecule has 1 fully saturated rings. The average molecular weight is 264 g/mol. The van der Waals surface area contributed by atoms with Gasteiger partial charge in [0.1, 0.15) is 6.61 Å². The van der Waals surface area contributed by atoms with Gasteiger partial charge in [0.15, 0.2) is 0 Å². The molecule has 1 aliphatic rings. The fraction of sp³-hybridized carbons (Fsp3) is 0.600. The molecule has 1 N–H and O–H groups in total. The number of carbonyl (C=O) groups is 1. The van der Waals surface area contributed by atoms with E-state index in [9.17, 15) is 4.79 Å². The summed E-state index contributed by atoms with van der Waals surface area (Å²) < 4.78 is 5.11. The van der Waals surface area contributed by atoms with Crippen LogP contribution in [-0.4, -0.2) is 17.1 Å². The molecule has 0 aliphatic heterocycles. The summed E-state index contributed by atoms with van der Waals surface area (Å²) >= 11 is 0. The van der Waals surface area contributed by atoms with Gasteiger partial charge in [0.2, 0.25) is 0 Å². The van der Waals surface area contributed by atoms with Crippen molar-refractivity contribution in [2.24, 2.45) is 5.92 Å². The van der Waals surface area contributed by atoms with Gasteiger partial charge >= 0.3 is 6.09 Å². The van der Waals surface area contributed by atoms with Crippen molar-refractivity contribution >= 4 is 6.09 Å². The molecule has 1 amide bonds. The summed E-state index contributed by atoms with van der Waals surface area (Å²) in [5.41, 5.74) is 0.900. The summed E-state index contributed by atoms with van der Waals surface area (Å²) in [5, 5.41) is 2.84. The van der Waals surface area contributed by atoms with Crippen molar-refractivity contribution in [3.05, 3.63) is 30.1 Å². The van der Waals surface area contributed by atoms with Gasteiger partial charge in [-0.3, -0.25) is 4.98 Å². The number of hydrogen-bond acceptors (Lipinski definition) is 3. The maximum absolute atomic E-state index is 11.5. The molecular weight excluding hydrogens is 240 g/mol. The van der Waals surface area contributed by atoms with E-state index in [2.05, 4.69) is 10.3 Å². The van der Waals surface area contributed by atoms with E-state index in [0.717, 1.165) is 17.9 Å². The lowest BCUT2D eigenvalue weighted by Gasteiger charge is -2.13. The van der Waals surface area contributed by atoms with Crippen LogP contribution in [0.3, 0.4) is 0 Å². The van der Waals surface area contributed by atoms with E-state index in [0.29, 0.717) is 0 Å². The Kier molecular flexibility index (Phi) is 6.93. The van der Waals surface area contributed by atoms with Crippen LogP contribution in [0.1, 0.15) is 45.6 Å². The summed E-state index contributed by atoms with van der Waals surface area (Å²) in [6, 6.07) is 3.91. The van der Waals surface area contributed by atoms with Crippen LogP contribution in [-0.2, 0) is 11.3 Å². The van der Waals surface area contributed by atoms with E-state index in [1.54, 1.807) is 12.4 Å². The zero-order chi connectivity index (χ0) is 14.1. The molecule has 1 aromatic rings. The Labute approximate surface area is 115 Å². The lowest BCUT2D eigenvalue weighted by atomic mass is 10.2. The molecule has 0 saturated heterocycles. The van der Waals surface area contributed by atoms with Gasteiger partial charge in [-0.2, -0.15) is 0 Å². The Morgan fingerprint density at radius 2 is 2.26 bits per heavy atom. The number of hydrogen-bond donors (Lipinski definition) is 1. The monoisotopic (exact) mass is 264 g/mol. The number of ether oxygens (including phenoxy) is 1. The van der Waals surface area contributed by atoms with Crippen LogP contribution in [0.15, 0.2) is 24.5 Å². The van der Waals surface area contributed by atoms with Crippen LogP contribution < -0.4 is 5.32 Å². The Bertz CT molecular complexity index is 364. The van der Waals surface area contributed by atoms with Crippen LogP contribution in [0.4, 0.5) is 4.79 Å². The summed E-state index contributed by atoms with van der Waals surface area (Å²) in [6.45, 7) is 6.29. The fourth-order valence-electron chi connectivity index (χ4n) is 1.79. The van der Waals surface area contributed by atoms with Crippen LogP contribution >= 0.6 is 0 Å². The van der Waals surface area contributed by atoms with Gasteiger partial charge in [0, 0.05) is 24.0 Å². The first kappa shape index (κ1) is 15.5. The SMILES string of the molecule is CC.CC(CC1CC1)NC(=O)OCc1cccnc1. The molecule has 1 aliphatic carbocycles. The molecule has 0 bridgehead atoms. The highest BCUT2D eigenvalue weighted by Crippen LogP contribution is 2.33. The molecule has 106 valence electrons. The number of pyridine rings is 1. The molecule has 19 heavy (non-hydrogen) atoms. The number of aromatic nitrogens is 1. The van der Waals surface area contributed by atoms with Gasteiger partial charge in [-0.1, -0.05) is 32.8 Å². The van der Waals surface area contributed by atoms with Gasteiger partial charge in [0.25, 0.3) is 0 Å². The normalized spacial score (nSPS) is 14.9. The summed E-state index contributed by atoms with van der Waals surface area (Å²) in [5.74, 6) is 0.809. The Balaban J connectivity index is 0.000000861. The standard InChI is InChI=1S/C13H18N2O2.C2H6/c1-10(7-11-4-5-11)15-13(16)17-9-12-3-2-6-14-8-12;1-2/h2-3,6,8,10-11H,4-5,7,9H2,1H3,(H,15,16);1-2H3. The molecule has 4 nitrogen and oxygen atoms in total. The zero-order valence-corrected chi connectivity index (χ0v) is 12.1. The largest absolute Gasteiger partial charge is 0.445 e. The zero-order valence-electron chi connectivity index (χ0n) is 12.1. The third-order valence-corrected chi connectivity index (χ3v) is 2.84. The number of nitrogens with one attached hydrogen (secondary N) is 1. The van der Waals surface area contributed by atoms with Gasteiger partial charge in [-0.15, -0.1) is 0 Å². The second-order valence-electron chi connectivity index (χ2n) is 4.66. The minimum absolute atomic E-state index is 0.198. The predicted octanol–water partition coefficient (Wildman–Crippen LogP) is 3.52. The van der Waals surface area contributed by atoms with Crippen molar-refractivity contribution in [2.45, 2.75) is 52.7 Å². The molecule has 1 aromatic heterocycles. The first-order chi connectivity index (χ1) is 9.24. The van der Waals surface area contributed by atoms with E-state index in [-0.39, 0.29) is 18.7 Å². The van der Waals surface area contributed by atoms with Crippen molar-refractivity contribution in [3.63, 3.8) is 0 Å². The second kappa shape index (κ2) is 8.51. The molecule has 1 unspecified atom stereocenters. The smallest absolute Gasteiger partial charge is 0.407 e. The molecule has 0 spiro atoms. The van der Waals surface area contributed by atoms with Crippen molar-refractivity contribution in [1.29, 1.82) is 0 Å². The van der Waals surface area contributed by atoms with E-state index in [4.69, 9.17) is 4.74 Å². The van der Waals surface area contributed by atoms with Crippen LogP contribution in [0.5, 0.6) is 0 Å². The number of amides is 1. The highest BCUT2D eigenvalue weighted by Gasteiger charge is 2.24. The maximum atomic E-state index is 11.5. The van der Waals surface area contributed by atoms with Crippen LogP contribution in [0.2, 0.25) is 0 Å². The summed E-state index contributed by atoms with van der Waals surface area (Å²) in [4.78, 5) is 15.4. The second-order valence-corrected chi connectivity index (χ2v) is 4.66. The third-order valence-electron chi connectivity index (χ3n) is 2.84. The average Bonchev–Trinajstić information content (AvgIpc) is 3.23. The highest BCUT2D eigenvalue weighted by atomic mass is 16.5. The van der Waals surface area contributed by atoms with Crippen molar-refractivity contribution in [3.8, 4) is 0 Å². The first-order valence-electron chi connectivity index (χ1n) is 7.06. The van der Waals surface area contributed by atoms with Gasteiger partial charge in [-0.25, -0.2) is 4.79 Å². The number of rotatable bonds is 5. The van der Waals surface area contributed by atoms with Crippen molar-refractivity contribution in [1.82, 2.24) is 10.3 Å². The molecule has 1 saturated carbocycles. The third kappa shape index (κ3) is 6.79. The molecule has 2 rings (SSSR count). The van der Waals surface area contributed by atoms with Crippen molar-refractivity contribution < 1.29 is 9.53 Å². The number of nitrogens with zero attached hydrogens (tertiary/aromatic N) is 1. The van der Waals surface area contributed by atoms with E-state index < -0.39 is 0 Å². The first-order valence-corrected chi connectivity index (χ1v) is 7.06. The van der Waals surface area contributed by atoms with E-state index in [1.807, 2.05) is 32.9 Å². The lowest BCUT2D eigenvalue weighted by molar-refractivity contribution is 0.135. The quantitative estimate of drug-likeness (QED) is 0.885. The number of carbonyl (C=O) groups excluding carboxylic acids is 1.